The van der Waals surface area contributed by atoms with Crippen molar-refractivity contribution in [2.24, 2.45) is 0 Å². The summed E-state index contributed by atoms with van der Waals surface area (Å²) in [7, 11) is -3.50. The molecular formula is C14H18N2O4S. The Hall–Kier alpha value is -2.07. The fourth-order valence-electron chi connectivity index (χ4n) is 1.90. The summed E-state index contributed by atoms with van der Waals surface area (Å²) in [6.45, 7) is 3.28. The molecule has 0 aromatic heterocycles. The Bertz CT molecular complexity index is 632. The van der Waals surface area contributed by atoms with E-state index in [1.54, 1.807) is 38.1 Å². The summed E-state index contributed by atoms with van der Waals surface area (Å²) in [4.78, 5) is 10.6. The number of rotatable bonds is 6. The number of benzene rings is 1. The first kappa shape index (κ1) is 17.0. The van der Waals surface area contributed by atoms with Gasteiger partial charge in [-0.25, -0.2) is 13.2 Å². The van der Waals surface area contributed by atoms with Crippen LogP contribution < -0.4 is 5.32 Å². The number of nitriles is 1. The summed E-state index contributed by atoms with van der Waals surface area (Å²) in [6.07, 6.45) is -0.839. The van der Waals surface area contributed by atoms with Crippen LogP contribution in [-0.4, -0.2) is 31.4 Å². The van der Waals surface area contributed by atoms with Crippen molar-refractivity contribution in [1.29, 1.82) is 5.26 Å². The second-order valence-electron chi connectivity index (χ2n) is 4.76. The first-order valence-corrected chi connectivity index (χ1v) is 8.22. The Balaban J connectivity index is 2.89. The summed E-state index contributed by atoms with van der Waals surface area (Å²) in [6, 6.07) is 7.67. The summed E-state index contributed by atoms with van der Waals surface area (Å²) in [5.41, 5.74) is 1.04. The maximum Gasteiger partial charge on any atom is 0.404 e. The van der Waals surface area contributed by atoms with E-state index in [1.807, 2.05) is 6.07 Å². The minimum absolute atomic E-state index is 0.253. The lowest BCUT2D eigenvalue weighted by atomic mass is 10.1. The number of nitrogens with zero attached hydrogens (tertiary/aromatic N) is 1. The van der Waals surface area contributed by atoms with E-state index in [2.05, 4.69) is 5.32 Å². The van der Waals surface area contributed by atoms with Crippen LogP contribution >= 0.6 is 0 Å². The molecule has 1 amide bonds. The van der Waals surface area contributed by atoms with Gasteiger partial charge in [0.2, 0.25) is 0 Å². The Morgan fingerprint density at radius 2 is 1.95 bits per heavy atom. The SMILES string of the molecule is CCC(CS(=O)(=O)[C@@H](C)c1ccc(C#N)cc1)NC(=O)O. The van der Waals surface area contributed by atoms with Gasteiger partial charge in [0.25, 0.3) is 0 Å². The van der Waals surface area contributed by atoms with Crippen LogP contribution in [0, 0.1) is 11.3 Å². The number of hydrogen-bond acceptors (Lipinski definition) is 4. The molecule has 0 saturated carbocycles. The van der Waals surface area contributed by atoms with Gasteiger partial charge < -0.3 is 10.4 Å². The zero-order valence-corrected chi connectivity index (χ0v) is 12.7. The molecular weight excluding hydrogens is 292 g/mol. The van der Waals surface area contributed by atoms with E-state index < -0.39 is 27.2 Å². The molecule has 1 aromatic rings. The van der Waals surface area contributed by atoms with Gasteiger partial charge in [-0.2, -0.15) is 5.26 Å². The molecule has 0 radical (unpaired) electrons. The number of hydrogen-bond donors (Lipinski definition) is 2. The molecule has 21 heavy (non-hydrogen) atoms. The van der Waals surface area contributed by atoms with E-state index in [9.17, 15) is 13.2 Å². The molecule has 0 saturated heterocycles. The fraction of sp³-hybridized carbons (Fsp3) is 0.429. The molecule has 1 unspecified atom stereocenters. The van der Waals surface area contributed by atoms with Gasteiger partial charge in [-0.05, 0) is 31.0 Å². The second-order valence-corrected chi connectivity index (χ2v) is 7.13. The summed E-state index contributed by atoms with van der Waals surface area (Å²) >= 11 is 0. The van der Waals surface area contributed by atoms with E-state index in [-0.39, 0.29) is 5.75 Å². The Labute approximate surface area is 124 Å². The Morgan fingerprint density at radius 1 is 1.38 bits per heavy atom. The van der Waals surface area contributed by atoms with Crippen molar-refractivity contribution in [2.45, 2.75) is 31.6 Å². The van der Waals surface area contributed by atoms with Crippen LogP contribution in [0.5, 0.6) is 0 Å². The highest BCUT2D eigenvalue weighted by molar-refractivity contribution is 7.91. The lowest BCUT2D eigenvalue weighted by molar-refractivity contribution is 0.190. The average molecular weight is 310 g/mol. The van der Waals surface area contributed by atoms with Crippen molar-refractivity contribution in [3.63, 3.8) is 0 Å². The zero-order valence-electron chi connectivity index (χ0n) is 11.9. The van der Waals surface area contributed by atoms with E-state index in [0.29, 0.717) is 17.5 Å². The molecule has 0 aliphatic rings. The first-order valence-electron chi connectivity index (χ1n) is 6.51. The standard InChI is InChI=1S/C14H18N2O4S/c1-3-13(16-14(17)18)9-21(19,20)10(2)12-6-4-11(8-15)5-7-12/h4-7,10,13,16H,3,9H2,1-2H3,(H,17,18)/t10-,13?/m0/s1. The van der Waals surface area contributed by atoms with E-state index in [0.717, 1.165) is 0 Å². The molecule has 1 aromatic carbocycles. The molecule has 0 spiro atoms. The van der Waals surface area contributed by atoms with Crippen molar-refractivity contribution in [2.75, 3.05) is 5.75 Å². The third-order valence-electron chi connectivity index (χ3n) is 3.30. The molecule has 0 aliphatic heterocycles. The first-order chi connectivity index (χ1) is 9.80. The van der Waals surface area contributed by atoms with Gasteiger partial charge in [0.05, 0.1) is 22.6 Å². The van der Waals surface area contributed by atoms with Crippen molar-refractivity contribution in [1.82, 2.24) is 5.32 Å². The van der Waals surface area contributed by atoms with Gasteiger partial charge in [0.15, 0.2) is 9.84 Å². The van der Waals surface area contributed by atoms with Gasteiger partial charge >= 0.3 is 6.09 Å². The van der Waals surface area contributed by atoms with Crippen molar-refractivity contribution >= 4 is 15.9 Å². The lowest BCUT2D eigenvalue weighted by Gasteiger charge is -2.19. The van der Waals surface area contributed by atoms with Gasteiger partial charge in [-0.3, -0.25) is 0 Å². The largest absolute Gasteiger partial charge is 0.465 e. The van der Waals surface area contributed by atoms with Crippen LogP contribution in [0.2, 0.25) is 0 Å². The molecule has 0 heterocycles. The topological polar surface area (TPSA) is 107 Å². The average Bonchev–Trinajstić information content (AvgIpc) is 2.45. The predicted octanol–water partition coefficient (Wildman–Crippen LogP) is 2.08. The minimum atomic E-state index is -3.50. The highest BCUT2D eigenvalue weighted by Gasteiger charge is 2.26. The summed E-state index contributed by atoms with van der Waals surface area (Å²) in [5.74, 6) is -0.253. The van der Waals surface area contributed by atoms with E-state index in [1.165, 1.54) is 0 Å². The monoisotopic (exact) mass is 310 g/mol. The zero-order chi connectivity index (χ0) is 16.0. The molecule has 6 nitrogen and oxygen atoms in total. The normalized spacial score (nSPS) is 14.0. The van der Waals surface area contributed by atoms with E-state index >= 15 is 0 Å². The minimum Gasteiger partial charge on any atom is -0.465 e. The number of sulfone groups is 1. The molecule has 1 rings (SSSR count). The number of carboxylic acid groups (broad SMARTS) is 1. The van der Waals surface area contributed by atoms with Crippen molar-refractivity contribution < 1.29 is 18.3 Å². The Morgan fingerprint density at radius 3 is 2.38 bits per heavy atom. The van der Waals surface area contributed by atoms with Gasteiger partial charge in [0, 0.05) is 6.04 Å². The van der Waals surface area contributed by atoms with Crippen LogP contribution in [-0.2, 0) is 9.84 Å². The summed E-state index contributed by atoms with van der Waals surface area (Å²) in [5, 5.41) is 18.9. The molecule has 0 fully saturated rings. The van der Waals surface area contributed by atoms with Crippen LogP contribution in [0.3, 0.4) is 0 Å². The van der Waals surface area contributed by atoms with Crippen LogP contribution in [0.1, 0.15) is 36.6 Å². The molecule has 0 aliphatic carbocycles. The maximum atomic E-state index is 12.3. The van der Waals surface area contributed by atoms with Crippen molar-refractivity contribution in [3.05, 3.63) is 35.4 Å². The highest BCUT2D eigenvalue weighted by atomic mass is 32.2. The van der Waals surface area contributed by atoms with Crippen LogP contribution in [0.25, 0.3) is 0 Å². The molecule has 7 heteroatoms. The number of carbonyl (C=O) groups is 1. The third-order valence-corrected chi connectivity index (χ3v) is 5.52. The van der Waals surface area contributed by atoms with Gasteiger partial charge in [-0.1, -0.05) is 19.1 Å². The highest BCUT2D eigenvalue weighted by Crippen LogP contribution is 2.23. The predicted molar refractivity (Wildman–Crippen MR) is 78.6 cm³/mol. The van der Waals surface area contributed by atoms with Crippen LogP contribution in [0.15, 0.2) is 24.3 Å². The Kier molecular flexibility index (Phi) is 5.73. The fourth-order valence-corrected chi connectivity index (χ4v) is 3.64. The second kappa shape index (κ2) is 7.09. The third kappa shape index (κ3) is 4.76. The van der Waals surface area contributed by atoms with Gasteiger partial charge in [0.1, 0.15) is 0 Å². The summed E-state index contributed by atoms with van der Waals surface area (Å²) < 4.78 is 24.7. The lowest BCUT2D eigenvalue weighted by Crippen LogP contribution is -2.39. The maximum absolute atomic E-state index is 12.3. The molecule has 2 N–H and O–H groups in total. The van der Waals surface area contributed by atoms with E-state index in [4.69, 9.17) is 10.4 Å². The van der Waals surface area contributed by atoms with Crippen molar-refractivity contribution in [3.8, 4) is 6.07 Å². The molecule has 2 atom stereocenters. The van der Waals surface area contributed by atoms with Crippen LogP contribution in [0.4, 0.5) is 4.79 Å². The molecule has 114 valence electrons. The molecule has 0 bridgehead atoms. The quantitative estimate of drug-likeness (QED) is 0.836. The van der Waals surface area contributed by atoms with Gasteiger partial charge in [-0.15, -0.1) is 0 Å². The number of amides is 1. The smallest absolute Gasteiger partial charge is 0.404 e. The number of nitrogens with one attached hydrogen (secondary N) is 1.